The van der Waals surface area contributed by atoms with Crippen LogP contribution in [0.15, 0.2) is 70.5 Å². The lowest BCUT2D eigenvalue weighted by molar-refractivity contribution is 0.793. The van der Waals surface area contributed by atoms with Crippen LogP contribution in [0.3, 0.4) is 0 Å². The van der Waals surface area contributed by atoms with Crippen molar-refractivity contribution < 1.29 is 0 Å². The molecule has 0 spiro atoms. The molecule has 0 N–H and O–H groups in total. The normalized spacial score (nSPS) is 12.7. The van der Waals surface area contributed by atoms with E-state index in [0.29, 0.717) is 0 Å². The lowest BCUT2D eigenvalue weighted by Gasteiger charge is -2.33. The van der Waals surface area contributed by atoms with Crippen molar-refractivity contribution in [2.75, 3.05) is 4.90 Å². The predicted molar refractivity (Wildman–Crippen MR) is 113 cm³/mol. The van der Waals surface area contributed by atoms with E-state index in [2.05, 4.69) is 86.3 Å². The molecule has 1 heterocycles. The van der Waals surface area contributed by atoms with Gasteiger partial charge in [0.15, 0.2) is 0 Å². The Morgan fingerprint density at radius 3 is 2.15 bits per heavy atom. The van der Waals surface area contributed by atoms with Crippen molar-refractivity contribution >= 4 is 28.8 Å². The highest BCUT2D eigenvalue weighted by atomic mass is 32.2. The van der Waals surface area contributed by atoms with Crippen LogP contribution in [0.4, 0.5) is 17.1 Å². The van der Waals surface area contributed by atoms with E-state index in [9.17, 15) is 0 Å². The molecule has 0 saturated heterocycles. The molecule has 0 unspecified atom stereocenters. The van der Waals surface area contributed by atoms with E-state index in [-0.39, 0.29) is 0 Å². The second-order valence-electron chi connectivity index (χ2n) is 7.15. The van der Waals surface area contributed by atoms with E-state index in [1.54, 1.807) is 0 Å². The molecular formula is C24H25NS. The van der Waals surface area contributed by atoms with Crippen molar-refractivity contribution in [3.63, 3.8) is 0 Å². The fourth-order valence-corrected chi connectivity index (χ4v) is 4.69. The first-order valence-corrected chi connectivity index (χ1v) is 10.3. The largest absolute Gasteiger partial charge is 0.308 e. The molecule has 0 amide bonds. The van der Waals surface area contributed by atoms with Gasteiger partial charge in [-0.25, -0.2) is 0 Å². The summed E-state index contributed by atoms with van der Waals surface area (Å²) in [6, 6.07) is 22.6. The summed E-state index contributed by atoms with van der Waals surface area (Å²) in [4.78, 5) is 5.10. The number of aryl methyl sites for hydroxylation is 3. The smallest absolute Gasteiger partial charge is 0.0601 e. The van der Waals surface area contributed by atoms with Gasteiger partial charge in [0.2, 0.25) is 0 Å². The average molecular weight is 360 g/mol. The van der Waals surface area contributed by atoms with Gasteiger partial charge >= 0.3 is 0 Å². The van der Waals surface area contributed by atoms with Crippen molar-refractivity contribution in [3.05, 3.63) is 77.4 Å². The summed E-state index contributed by atoms with van der Waals surface area (Å²) in [6.45, 7) is 6.57. The highest BCUT2D eigenvalue weighted by Gasteiger charge is 2.25. The quantitative estimate of drug-likeness (QED) is 0.369. The maximum absolute atomic E-state index is 2.41. The Labute approximate surface area is 161 Å². The number of unbranched alkanes of at least 4 members (excludes halogenated alkanes) is 1. The SMILES string of the molecule is CCCCc1ccc2c(c1)Sc1cc(C)ccc1N2c1ccc(C)cc1. The topological polar surface area (TPSA) is 3.24 Å². The zero-order valence-electron chi connectivity index (χ0n) is 15.8. The van der Waals surface area contributed by atoms with Gasteiger partial charge in [-0.1, -0.05) is 54.9 Å². The van der Waals surface area contributed by atoms with E-state index in [1.165, 1.54) is 56.4 Å². The highest BCUT2D eigenvalue weighted by molar-refractivity contribution is 7.99. The third-order valence-corrected chi connectivity index (χ3v) is 6.05. The molecule has 3 aromatic rings. The lowest BCUT2D eigenvalue weighted by Crippen LogP contribution is -2.15. The molecule has 1 aliphatic heterocycles. The molecule has 0 atom stereocenters. The molecule has 0 saturated carbocycles. The van der Waals surface area contributed by atoms with Crippen molar-refractivity contribution in [2.45, 2.75) is 49.8 Å². The number of hydrogen-bond donors (Lipinski definition) is 0. The summed E-state index contributed by atoms with van der Waals surface area (Å²) in [7, 11) is 0. The monoisotopic (exact) mass is 359 g/mol. The maximum Gasteiger partial charge on any atom is 0.0601 e. The van der Waals surface area contributed by atoms with Crippen LogP contribution in [0.1, 0.15) is 36.5 Å². The molecule has 0 aromatic heterocycles. The Kier molecular flexibility index (Phi) is 4.78. The average Bonchev–Trinajstić information content (AvgIpc) is 2.65. The standard InChI is InChI=1S/C24H25NS/c1-4-5-6-19-10-14-22-24(16-19)26-23-15-18(3)9-13-21(23)25(22)20-11-7-17(2)8-12-20/h7-16H,4-6H2,1-3H3. The van der Waals surface area contributed by atoms with E-state index in [1.807, 2.05) is 11.8 Å². The first-order chi connectivity index (χ1) is 12.7. The summed E-state index contributed by atoms with van der Waals surface area (Å²) in [5, 5.41) is 0. The second kappa shape index (κ2) is 7.20. The summed E-state index contributed by atoms with van der Waals surface area (Å²) < 4.78 is 0. The third kappa shape index (κ3) is 3.26. The van der Waals surface area contributed by atoms with Crippen molar-refractivity contribution in [1.82, 2.24) is 0 Å². The van der Waals surface area contributed by atoms with Gasteiger partial charge in [-0.05, 0) is 74.2 Å². The zero-order chi connectivity index (χ0) is 18.1. The van der Waals surface area contributed by atoms with Gasteiger partial charge in [-0.2, -0.15) is 0 Å². The first-order valence-electron chi connectivity index (χ1n) is 9.44. The van der Waals surface area contributed by atoms with Crippen LogP contribution in [0.2, 0.25) is 0 Å². The Morgan fingerprint density at radius 1 is 0.769 bits per heavy atom. The molecule has 0 aliphatic carbocycles. The number of anilines is 3. The highest BCUT2D eigenvalue weighted by Crippen LogP contribution is 2.51. The fourth-order valence-electron chi connectivity index (χ4n) is 3.47. The third-order valence-electron chi connectivity index (χ3n) is 4.95. The Bertz CT molecular complexity index is 927. The second-order valence-corrected chi connectivity index (χ2v) is 8.23. The molecule has 132 valence electrons. The first kappa shape index (κ1) is 17.2. The molecule has 26 heavy (non-hydrogen) atoms. The molecule has 4 rings (SSSR count). The minimum absolute atomic E-state index is 1.16. The summed E-state index contributed by atoms with van der Waals surface area (Å²) in [6.07, 6.45) is 3.65. The number of rotatable bonds is 4. The minimum Gasteiger partial charge on any atom is -0.308 e. The molecule has 0 radical (unpaired) electrons. The predicted octanol–water partition coefficient (Wildman–Crippen LogP) is 7.58. The van der Waals surface area contributed by atoms with Crippen LogP contribution in [0.25, 0.3) is 0 Å². The molecule has 0 bridgehead atoms. The van der Waals surface area contributed by atoms with Gasteiger partial charge < -0.3 is 4.90 Å². The minimum atomic E-state index is 1.16. The summed E-state index contributed by atoms with van der Waals surface area (Å²) >= 11 is 1.90. The number of fused-ring (bicyclic) bond motifs is 2. The van der Waals surface area contributed by atoms with Gasteiger partial charge in [-0.15, -0.1) is 0 Å². The summed E-state index contributed by atoms with van der Waals surface area (Å²) in [5.41, 5.74) is 7.83. The van der Waals surface area contributed by atoms with Gasteiger partial charge in [0, 0.05) is 15.5 Å². The van der Waals surface area contributed by atoms with E-state index >= 15 is 0 Å². The zero-order valence-corrected chi connectivity index (χ0v) is 16.6. The lowest BCUT2D eigenvalue weighted by atomic mass is 10.1. The van der Waals surface area contributed by atoms with E-state index in [4.69, 9.17) is 0 Å². The van der Waals surface area contributed by atoms with Crippen LogP contribution in [0, 0.1) is 13.8 Å². The van der Waals surface area contributed by atoms with E-state index < -0.39 is 0 Å². The van der Waals surface area contributed by atoms with Crippen LogP contribution < -0.4 is 4.90 Å². The van der Waals surface area contributed by atoms with Crippen LogP contribution in [-0.2, 0) is 6.42 Å². The molecular weight excluding hydrogens is 334 g/mol. The fraction of sp³-hybridized carbons (Fsp3) is 0.250. The van der Waals surface area contributed by atoms with Gasteiger partial charge in [0.25, 0.3) is 0 Å². The van der Waals surface area contributed by atoms with Crippen molar-refractivity contribution in [1.29, 1.82) is 0 Å². The Balaban J connectivity index is 1.84. The van der Waals surface area contributed by atoms with Gasteiger partial charge in [0.05, 0.1) is 11.4 Å². The molecule has 3 aromatic carbocycles. The van der Waals surface area contributed by atoms with Gasteiger partial charge in [0.1, 0.15) is 0 Å². The summed E-state index contributed by atoms with van der Waals surface area (Å²) in [5.74, 6) is 0. The molecule has 0 fully saturated rings. The van der Waals surface area contributed by atoms with E-state index in [0.717, 1.165) is 6.42 Å². The Hall–Kier alpha value is -2.19. The van der Waals surface area contributed by atoms with Crippen LogP contribution in [0.5, 0.6) is 0 Å². The number of benzene rings is 3. The molecule has 1 aliphatic rings. The maximum atomic E-state index is 2.41. The Morgan fingerprint density at radius 2 is 1.42 bits per heavy atom. The van der Waals surface area contributed by atoms with Crippen molar-refractivity contribution in [2.24, 2.45) is 0 Å². The number of hydrogen-bond acceptors (Lipinski definition) is 2. The molecule has 1 nitrogen and oxygen atoms in total. The van der Waals surface area contributed by atoms with Crippen molar-refractivity contribution in [3.8, 4) is 0 Å². The number of nitrogens with zero attached hydrogens (tertiary/aromatic N) is 1. The van der Waals surface area contributed by atoms with Crippen LogP contribution in [-0.4, -0.2) is 0 Å². The molecule has 2 heteroatoms. The van der Waals surface area contributed by atoms with Crippen LogP contribution >= 0.6 is 11.8 Å². The van der Waals surface area contributed by atoms with Gasteiger partial charge in [-0.3, -0.25) is 0 Å².